The van der Waals surface area contributed by atoms with Crippen molar-refractivity contribution in [3.05, 3.63) is 46.0 Å². The van der Waals surface area contributed by atoms with Crippen molar-refractivity contribution >= 4 is 46.9 Å². The van der Waals surface area contributed by atoms with E-state index in [9.17, 15) is 18.8 Å². The Labute approximate surface area is 296 Å². The van der Waals surface area contributed by atoms with Gasteiger partial charge in [-0.25, -0.2) is 4.39 Å². The summed E-state index contributed by atoms with van der Waals surface area (Å²) in [5, 5.41) is 8.36. The van der Waals surface area contributed by atoms with Gasteiger partial charge in [-0.1, -0.05) is 25.0 Å². The van der Waals surface area contributed by atoms with Gasteiger partial charge < -0.3 is 45.4 Å². The predicted molar refractivity (Wildman–Crippen MR) is 188 cm³/mol. The molecule has 0 unspecified atom stereocenters. The third-order valence-electron chi connectivity index (χ3n) is 6.56. The third-order valence-corrected chi connectivity index (χ3v) is 8.00. The SMILES string of the molecule is CC(=O)N[C@@H](CSc1c(NCc2ccc(F)cc2)nc(N)[nH]c1=O)C(=O)NCCOCCOCCOCCOCCOCCCCCCCl. The minimum absolute atomic E-state index is 0.0404. The monoisotopic (exact) mass is 732 g/mol. The van der Waals surface area contributed by atoms with Crippen LogP contribution in [0.25, 0.3) is 0 Å². The van der Waals surface area contributed by atoms with Crippen LogP contribution >= 0.6 is 23.4 Å². The van der Waals surface area contributed by atoms with Gasteiger partial charge in [-0.05, 0) is 30.5 Å². The molecule has 1 aromatic heterocycles. The molecule has 6 N–H and O–H groups in total. The van der Waals surface area contributed by atoms with Crippen LogP contribution in [0, 0.1) is 5.82 Å². The molecular weight excluding hydrogens is 683 g/mol. The number of thioether (sulfide) groups is 1. The highest BCUT2D eigenvalue weighted by atomic mass is 35.5. The number of hydrogen-bond acceptors (Lipinski definition) is 12. The predicted octanol–water partition coefficient (Wildman–Crippen LogP) is 2.70. The maximum atomic E-state index is 13.2. The number of aromatic nitrogens is 2. The first kappa shape index (κ1) is 42.2. The molecule has 1 heterocycles. The van der Waals surface area contributed by atoms with Gasteiger partial charge in [0, 0.05) is 38.3 Å². The van der Waals surface area contributed by atoms with E-state index in [0.29, 0.717) is 52.9 Å². The lowest BCUT2D eigenvalue weighted by Gasteiger charge is -2.18. The van der Waals surface area contributed by atoms with E-state index in [2.05, 4.69) is 25.9 Å². The van der Waals surface area contributed by atoms with Crippen molar-refractivity contribution in [2.24, 2.45) is 0 Å². The summed E-state index contributed by atoms with van der Waals surface area (Å²) in [6.07, 6.45) is 4.37. The highest BCUT2D eigenvalue weighted by Crippen LogP contribution is 2.23. The van der Waals surface area contributed by atoms with Crippen molar-refractivity contribution in [1.29, 1.82) is 0 Å². The summed E-state index contributed by atoms with van der Waals surface area (Å²) in [5.74, 6) is -0.348. The topological polar surface area (TPSA) is 188 Å². The Balaban J connectivity index is 1.57. The molecule has 0 saturated heterocycles. The average molecular weight is 733 g/mol. The van der Waals surface area contributed by atoms with Gasteiger partial charge in [0.2, 0.25) is 17.8 Å². The number of hydrogen-bond donors (Lipinski definition) is 5. The number of rotatable bonds is 29. The molecule has 0 aliphatic rings. The van der Waals surface area contributed by atoms with Gasteiger partial charge >= 0.3 is 0 Å². The number of halogens is 2. The van der Waals surface area contributed by atoms with Crippen molar-refractivity contribution < 1.29 is 37.7 Å². The van der Waals surface area contributed by atoms with E-state index in [1.54, 1.807) is 12.1 Å². The normalized spacial score (nSPS) is 11.7. The quantitative estimate of drug-likeness (QED) is 0.0468. The fourth-order valence-corrected chi connectivity index (χ4v) is 5.31. The number of alkyl halides is 1. The standard InChI is InChI=1S/C32H50ClFN6O8S/c1-24(41)38-27(23-49-28-29(39-32(35)40-31(28)43)37-22-25-6-8-26(34)9-7-25)30(42)36-11-13-45-15-17-47-19-21-48-20-18-46-16-14-44-12-5-3-2-4-10-33/h6-9,27H,2-5,10-23H2,1H3,(H,36,42)(H,38,41)(H4,35,37,39,40,43)/t27-/m0/s1. The van der Waals surface area contributed by atoms with Crippen LogP contribution in [-0.2, 0) is 39.8 Å². The van der Waals surface area contributed by atoms with Crippen LogP contribution in [0.5, 0.6) is 0 Å². The smallest absolute Gasteiger partial charge is 0.268 e. The Morgan fingerprint density at radius 1 is 0.898 bits per heavy atom. The number of nitrogens with two attached hydrogens (primary N) is 1. The van der Waals surface area contributed by atoms with Crippen LogP contribution in [0.4, 0.5) is 16.2 Å². The number of nitrogens with one attached hydrogen (secondary N) is 4. The molecule has 0 radical (unpaired) electrons. The van der Waals surface area contributed by atoms with E-state index in [-0.39, 0.29) is 47.9 Å². The van der Waals surface area contributed by atoms with Crippen LogP contribution in [0.3, 0.4) is 0 Å². The number of nitrogens with zero attached hydrogens (tertiary/aromatic N) is 1. The molecule has 0 bridgehead atoms. The van der Waals surface area contributed by atoms with Crippen LogP contribution in [0.15, 0.2) is 34.0 Å². The number of nitrogen functional groups attached to an aromatic ring is 1. The lowest BCUT2D eigenvalue weighted by Crippen LogP contribution is -2.48. The molecule has 2 aromatic rings. The second kappa shape index (κ2) is 26.8. The van der Waals surface area contributed by atoms with Crippen LogP contribution < -0.4 is 27.2 Å². The van der Waals surface area contributed by atoms with Crippen molar-refractivity contribution in [3.63, 3.8) is 0 Å². The second-order valence-corrected chi connectivity index (χ2v) is 12.0. The molecule has 2 rings (SSSR count). The van der Waals surface area contributed by atoms with Gasteiger partial charge in [-0.2, -0.15) is 4.98 Å². The van der Waals surface area contributed by atoms with Crippen molar-refractivity contribution in [2.75, 3.05) is 95.3 Å². The molecule has 276 valence electrons. The molecule has 0 spiro atoms. The van der Waals surface area contributed by atoms with Gasteiger partial charge in [0.1, 0.15) is 22.6 Å². The molecule has 14 nitrogen and oxygen atoms in total. The summed E-state index contributed by atoms with van der Waals surface area (Å²) in [6.45, 7) is 6.35. The lowest BCUT2D eigenvalue weighted by atomic mass is 10.2. The molecular formula is C32H50ClFN6O8S. The number of benzene rings is 1. The summed E-state index contributed by atoms with van der Waals surface area (Å²) < 4.78 is 40.7. The maximum absolute atomic E-state index is 13.2. The summed E-state index contributed by atoms with van der Waals surface area (Å²) in [4.78, 5) is 44.1. The molecule has 1 atom stereocenters. The molecule has 0 aliphatic heterocycles. The highest BCUT2D eigenvalue weighted by molar-refractivity contribution is 7.99. The highest BCUT2D eigenvalue weighted by Gasteiger charge is 2.22. The number of ether oxygens (including phenoxy) is 5. The molecule has 0 aliphatic carbocycles. The summed E-state index contributed by atoms with van der Waals surface area (Å²) in [6, 6.07) is 4.91. The molecule has 0 saturated carbocycles. The molecule has 49 heavy (non-hydrogen) atoms. The first-order valence-corrected chi connectivity index (χ1v) is 17.8. The number of amides is 2. The third kappa shape index (κ3) is 20.3. The van der Waals surface area contributed by atoms with Crippen molar-refractivity contribution in [1.82, 2.24) is 20.6 Å². The Kier molecular flexibility index (Phi) is 23.1. The molecule has 1 aromatic carbocycles. The number of H-pyrrole nitrogens is 1. The van der Waals surface area contributed by atoms with E-state index >= 15 is 0 Å². The van der Waals surface area contributed by atoms with Gasteiger partial charge in [-0.15, -0.1) is 23.4 Å². The average Bonchev–Trinajstić information content (AvgIpc) is 3.07. The Hall–Kier alpha value is -2.99. The van der Waals surface area contributed by atoms with Gasteiger partial charge in [0.25, 0.3) is 5.56 Å². The summed E-state index contributed by atoms with van der Waals surface area (Å²) in [7, 11) is 0. The number of carbonyl (C=O) groups excluding carboxylic acids is 2. The Morgan fingerprint density at radius 2 is 1.47 bits per heavy atom. The van der Waals surface area contributed by atoms with E-state index < -0.39 is 23.4 Å². The summed E-state index contributed by atoms with van der Waals surface area (Å²) in [5.41, 5.74) is 5.98. The number of aromatic amines is 1. The van der Waals surface area contributed by atoms with Gasteiger partial charge in [-0.3, -0.25) is 19.4 Å². The number of carbonyl (C=O) groups is 2. The first-order valence-electron chi connectivity index (χ1n) is 16.3. The van der Waals surface area contributed by atoms with Crippen LogP contribution in [0.2, 0.25) is 0 Å². The number of anilines is 2. The van der Waals surface area contributed by atoms with E-state index in [1.807, 2.05) is 0 Å². The van der Waals surface area contributed by atoms with Crippen molar-refractivity contribution in [3.8, 4) is 0 Å². The molecule has 17 heteroatoms. The van der Waals surface area contributed by atoms with Crippen molar-refractivity contribution in [2.45, 2.75) is 50.1 Å². The van der Waals surface area contributed by atoms with Crippen LogP contribution in [-0.4, -0.2) is 112 Å². The zero-order valence-electron chi connectivity index (χ0n) is 28.1. The molecule has 2 amide bonds. The van der Waals surface area contributed by atoms with E-state index in [4.69, 9.17) is 41.0 Å². The minimum Gasteiger partial charge on any atom is -0.379 e. The first-order chi connectivity index (χ1) is 23.8. The van der Waals surface area contributed by atoms with Crippen LogP contribution in [0.1, 0.15) is 38.2 Å². The van der Waals surface area contributed by atoms with Gasteiger partial charge in [0.15, 0.2) is 0 Å². The summed E-state index contributed by atoms with van der Waals surface area (Å²) >= 11 is 6.69. The Bertz CT molecular complexity index is 1260. The fraction of sp³-hybridized carbons (Fsp3) is 0.625. The second-order valence-electron chi connectivity index (χ2n) is 10.6. The largest absolute Gasteiger partial charge is 0.379 e. The van der Waals surface area contributed by atoms with E-state index in [1.165, 1.54) is 19.1 Å². The van der Waals surface area contributed by atoms with E-state index in [0.717, 1.165) is 55.5 Å². The zero-order chi connectivity index (χ0) is 35.5. The Morgan fingerprint density at radius 3 is 2.06 bits per heavy atom. The maximum Gasteiger partial charge on any atom is 0.268 e. The minimum atomic E-state index is -0.937. The lowest BCUT2D eigenvalue weighted by molar-refractivity contribution is -0.127. The molecule has 0 fully saturated rings. The fourth-order valence-electron chi connectivity index (χ4n) is 4.12. The zero-order valence-corrected chi connectivity index (χ0v) is 29.6. The number of unbranched alkanes of at least 4 members (excludes halogenated alkanes) is 3. The van der Waals surface area contributed by atoms with Gasteiger partial charge in [0.05, 0.1) is 59.5 Å².